The van der Waals surface area contributed by atoms with Crippen molar-refractivity contribution in [1.82, 2.24) is 5.32 Å². The fourth-order valence-electron chi connectivity index (χ4n) is 3.66. The Morgan fingerprint density at radius 3 is 2.64 bits per heavy atom. The van der Waals surface area contributed by atoms with E-state index >= 15 is 0 Å². The third-order valence-electron chi connectivity index (χ3n) is 4.99. The van der Waals surface area contributed by atoms with E-state index in [1.54, 1.807) is 18.2 Å². The smallest absolute Gasteiger partial charge is 0.337 e. The number of rotatable bonds is 2. The van der Waals surface area contributed by atoms with Crippen LogP contribution in [0, 0.1) is 5.41 Å². The van der Waals surface area contributed by atoms with Gasteiger partial charge in [-0.25, -0.2) is 4.79 Å². The number of thiophene rings is 1. The fourth-order valence-corrected chi connectivity index (χ4v) is 4.96. The monoisotopic (exact) mass is 355 g/mol. The molecule has 2 heterocycles. The van der Waals surface area contributed by atoms with Gasteiger partial charge in [0.2, 0.25) is 0 Å². The normalized spacial score (nSPS) is 17.8. The first-order chi connectivity index (χ1) is 11.8. The van der Waals surface area contributed by atoms with Gasteiger partial charge in [0, 0.05) is 9.75 Å². The summed E-state index contributed by atoms with van der Waals surface area (Å²) in [6, 6.07) is 4.95. The van der Waals surface area contributed by atoms with Crippen molar-refractivity contribution < 1.29 is 19.5 Å². The van der Waals surface area contributed by atoms with E-state index < -0.39 is 17.8 Å². The maximum absolute atomic E-state index is 12.0. The van der Waals surface area contributed by atoms with Crippen LogP contribution in [-0.4, -0.2) is 22.9 Å². The number of carbonyl (C=O) groups excluding carboxylic acids is 2. The quantitative estimate of drug-likeness (QED) is 0.808. The lowest BCUT2D eigenvalue weighted by Gasteiger charge is -2.29. The Hall–Kier alpha value is -2.47. The second-order valence-electron chi connectivity index (χ2n) is 7.40. The van der Waals surface area contributed by atoms with Crippen LogP contribution in [0.25, 0.3) is 10.4 Å². The molecule has 2 N–H and O–H groups in total. The van der Waals surface area contributed by atoms with E-state index in [9.17, 15) is 19.5 Å². The molecule has 6 heteroatoms. The number of carbonyl (C=O) groups is 3. The molecule has 1 aliphatic carbocycles. The standard InChI is InChI=1S/C19H17NO4S/c1-19(2)6-5-13-12(8-19)14(18(23)24)15(25-13)9-3-4-10-11(7-9)17(22)20-16(10)21/h3-4,7H,5-6,8H2,1-2H3,(H,23,24)(H,20,21,22). The fraction of sp³-hybridized carbons (Fsp3) is 0.316. The Bertz CT molecular complexity index is 955. The molecule has 1 aromatic heterocycles. The maximum atomic E-state index is 12.0. The SMILES string of the molecule is CC1(C)CCc2sc(-c3ccc4c(c3)C(=O)NC4=O)c(C(=O)O)c2C1. The van der Waals surface area contributed by atoms with Crippen LogP contribution in [0.15, 0.2) is 18.2 Å². The topological polar surface area (TPSA) is 83.5 Å². The Morgan fingerprint density at radius 2 is 1.92 bits per heavy atom. The van der Waals surface area contributed by atoms with E-state index in [0.717, 1.165) is 29.7 Å². The van der Waals surface area contributed by atoms with Crippen molar-refractivity contribution in [2.75, 3.05) is 0 Å². The van der Waals surface area contributed by atoms with Gasteiger partial charge in [0.25, 0.3) is 11.8 Å². The lowest BCUT2D eigenvalue weighted by molar-refractivity contribution is 0.0695. The van der Waals surface area contributed by atoms with Gasteiger partial charge >= 0.3 is 5.97 Å². The van der Waals surface area contributed by atoms with Gasteiger partial charge in [-0.3, -0.25) is 14.9 Å². The van der Waals surface area contributed by atoms with Crippen LogP contribution in [0.5, 0.6) is 0 Å². The highest BCUT2D eigenvalue weighted by Crippen LogP contribution is 2.45. The van der Waals surface area contributed by atoms with Crippen molar-refractivity contribution in [2.24, 2.45) is 5.41 Å². The zero-order chi connectivity index (χ0) is 17.9. The summed E-state index contributed by atoms with van der Waals surface area (Å²) in [7, 11) is 0. The molecule has 25 heavy (non-hydrogen) atoms. The van der Waals surface area contributed by atoms with Crippen LogP contribution in [-0.2, 0) is 12.8 Å². The molecule has 0 saturated carbocycles. The first-order valence-corrected chi connectivity index (χ1v) is 8.96. The summed E-state index contributed by atoms with van der Waals surface area (Å²) in [6.07, 6.45) is 2.64. The Balaban J connectivity index is 1.89. The number of hydrogen-bond donors (Lipinski definition) is 2. The third kappa shape index (κ3) is 2.48. The zero-order valence-electron chi connectivity index (χ0n) is 13.9. The van der Waals surface area contributed by atoms with E-state index in [4.69, 9.17) is 0 Å². The van der Waals surface area contributed by atoms with Gasteiger partial charge < -0.3 is 5.11 Å². The molecule has 0 atom stereocenters. The minimum atomic E-state index is -0.939. The number of benzene rings is 1. The van der Waals surface area contributed by atoms with Crippen LogP contribution < -0.4 is 5.32 Å². The number of fused-ring (bicyclic) bond motifs is 2. The summed E-state index contributed by atoms with van der Waals surface area (Å²) >= 11 is 1.49. The second-order valence-corrected chi connectivity index (χ2v) is 8.50. The molecular weight excluding hydrogens is 338 g/mol. The van der Waals surface area contributed by atoms with Gasteiger partial charge in [0.05, 0.1) is 16.7 Å². The summed E-state index contributed by atoms with van der Waals surface area (Å²) in [5.74, 6) is -1.77. The molecule has 0 bridgehead atoms. The number of carboxylic acid groups (broad SMARTS) is 1. The molecule has 0 fully saturated rings. The van der Waals surface area contributed by atoms with Crippen LogP contribution in [0.4, 0.5) is 0 Å². The van der Waals surface area contributed by atoms with Gasteiger partial charge in [0.1, 0.15) is 0 Å². The molecule has 0 unspecified atom stereocenters. The Kier molecular flexibility index (Phi) is 3.37. The van der Waals surface area contributed by atoms with Gasteiger partial charge in [0.15, 0.2) is 0 Å². The summed E-state index contributed by atoms with van der Waals surface area (Å²) in [4.78, 5) is 37.4. The van der Waals surface area contributed by atoms with Crippen molar-refractivity contribution >= 4 is 29.1 Å². The predicted octanol–water partition coefficient (Wildman–Crippen LogP) is 3.51. The van der Waals surface area contributed by atoms with Crippen LogP contribution >= 0.6 is 11.3 Å². The minimum Gasteiger partial charge on any atom is -0.478 e. The molecule has 2 aliphatic rings. The zero-order valence-corrected chi connectivity index (χ0v) is 14.8. The molecule has 0 radical (unpaired) electrons. The molecule has 5 nitrogen and oxygen atoms in total. The number of nitrogens with one attached hydrogen (secondary N) is 1. The predicted molar refractivity (Wildman–Crippen MR) is 94.3 cm³/mol. The highest BCUT2D eigenvalue weighted by molar-refractivity contribution is 7.16. The van der Waals surface area contributed by atoms with Gasteiger partial charge in [-0.1, -0.05) is 19.9 Å². The van der Waals surface area contributed by atoms with Gasteiger partial charge in [-0.15, -0.1) is 11.3 Å². The first kappa shape index (κ1) is 16.0. The average Bonchev–Trinajstić information content (AvgIpc) is 3.04. The van der Waals surface area contributed by atoms with E-state index in [0.29, 0.717) is 27.1 Å². The van der Waals surface area contributed by atoms with Crippen molar-refractivity contribution in [1.29, 1.82) is 0 Å². The molecule has 4 rings (SSSR count). The molecule has 1 aromatic carbocycles. The molecule has 0 spiro atoms. The molecule has 2 amide bonds. The maximum Gasteiger partial charge on any atom is 0.337 e. The largest absolute Gasteiger partial charge is 0.478 e. The van der Waals surface area contributed by atoms with Crippen molar-refractivity contribution in [3.05, 3.63) is 45.3 Å². The molecule has 1 aliphatic heterocycles. The summed E-state index contributed by atoms with van der Waals surface area (Å²) < 4.78 is 0. The van der Waals surface area contributed by atoms with E-state index in [1.807, 2.05) is 0 Å². The Labute approximate surface area is 148 Å². The number of aryl methyl sites for hydroxylation is 1. The van der Waals surface area contributed by atoms with Gasteiger partial charge in [-0.2, -0.15) is 0 Å². The lowest BCUT2D eigenvalue weighted by Crippen LogP contribution is -2.22. The summed E-state index contributed by atoms with van der Waals surface area (Å²) in [5, 5.41) is 12.1. The van der Waals surface area contributed by atoms with E-state index in [2.05, 4.69) is 19.2 Å². The molecule has 128 valence electrons. The lowest BCUT2D eigenvalue weighted by atomic mass is 9.76. The first-order valence-electron chi connectivity index (χ1n) is 8.15. The highest BCUT2D eigenvalue weighted by atomic mass is 32.1. The van der Waals surface area contributed by atoms with Crippen molar-refractivity contribution in [2.45, 2.75) is 33.1 Å². The number of amides is 2. The molecular formula is C19H17NO4S. The summed E-state index contributed by atoms with van der Waals surface area (Å²) in [6.45, 7) is 4.31. The minimum absolute atomic E-state index is 0.0831. The second kappa shape index (κ2) is 5.26. The summed E-state index contributed by atoms with van der Waals surface area (Å²) in [5.41, 5.74) is 2.68. The van der Waals surface area contributed by atoms with Crippen molar-refractivity contribution in [3.63, 3.8) is 0 Å². The Morgan fingerprint density at radius 1 is 1.20 bits per heavy atom. The van der Waals surface area contributed by atoms with Crippen LogP contribution in [0.1, 0.15) is 61.8 Å². The molecule has 0 saturated heterocycles. The number of aromatic carboxylic acids is 1. The van der Waals surface area contributed by atoms with Crippen LogP contribution in [0.2, 0.25) is 0 Å². The molecule has 2 aromatic rings. The number of imide groups is 1. The number of hydrogen-bond acceptors (Lipinski definition) is 4. The van der Waals surface area contributed by atoms with Crippen LogP contribution in [0.3, 0.4) is 0 Å². The van der Waals surface area contributed by atoms with Gasteiger partial charge in [-0.05, 0) is 47.9 Å². The third-order valence-corrected chi connectivity index (χ3v) is 6.33. The average molecular weight is 355 g/mol. The van der Waals surface area contributed by atoms with E-state index in [-0.39, 0.29) is 5.41 Å². The van der Waals surface area contributed by atoms with E-state index in [1.165, 1.54) is 11.3 Å². The highest BCUT2D eigenvalue weighted by Gasteiger charge is 2.34. The number of carboxylic acids is 1. The van der Waals surface area contributed by atoms with Crippen molar-refractivity contribution in [3.8, 4) is 10.4 Å².